The Morgan fingerprint density at radius 1 is 1.10 bits per heavy atom. The molecule has 0 N–H and O–H groups in total. The maximum absolute atomic E-state index is 13.4. The molecule has 0 saturated heterocycles. The molecule has 1 aromatic heterocycles. The number of hydrogen-bond donors (Lipinski definition) is 0. The van der Waals surface area contributed by atoms with Crippen LogP contribution in [0, 0.1) is 0 Å². The Labute approximate surface area is 182 Å². The molecule has 0 unspecified atom stereocenters. The van der Waals surface area contributed by atoms with Gasteiger partial charge in [0.05, 0.1) is 24.0 Å². The van der Waals surface area contributed by atoms with Gasteiger partial charge in [-0.3, -0.25) is 4.31 Å². The summed E-state index contributed by atoms with van der Waals surface area (Å²) in [7, 11) is -3.12. The lowest BCUT2D eigenvalue weighted by molar-refractivity contribution is -0.131. The highest BCUT2D eigenvalue weighted by atomic mass is 32.2. The molecule has 0 bridgehead atoms. The fraction of sp³-hybridized carbons (Fsp3) is 0.286. The highest BCUT2D eigenvalue weighted by molar-refractivity contribution is 7.93. The molecule has 0 atom stereocenters. The summed E-state index contributed by atoms with van der Waals surface area (Å²) in [5, 5.41) is 1.09. The molecule has 0 aliphatic rings. The number of alkyl halides is 3. The first-order chi connectivity index (χ1) is 14.6. The molecule has 3 aromatic rings. The quantitative estimate of drug-likeness (QED) is 0.433. The maximum atomic E-state index is 13.4. The number of benzene rings is 2. The summed E-state index contributed by atoms with van der Waals surface area (Å²) in [6.07, 6.45) is -5.35. The van der Waals surface area contributed by atoms with Crippen LogP contribution in [0.15, 0.2) is 53.4 Å². The lowest BCUT2D eigenvalue weighted by Crippen LogP contribution is -2.34. The summed E-state index contributed by atoms with van der Waals surface area (Å²) in [6.45, 7) is 1.09. The van der Waals surface area contributed by atoms with Crippen molar-refractivity contribution in [3.05, 3.63) is 59.7 Å². The first-order valence-corrected chi connectivity index (χ1v) is 11.6. The molecule has 2 aromatic carbocycles. The third kappa shape index (κ3) is 4.85. The zero-order valence-electron chi connectivity index (χ0n) is 16.8. The van der Waals surface area contributed by atoms with E-state index in [9.17, 15) is 26.4 Å². The van der Waals surface area contributed by atoms with Crippen molar-refractivity contribution in [1.29, 1.82) is 0 Å². The standard InChI is InChI=1S/C21H20F3NO4S2/c1-3-16-17-6-4-5-7-18(17)30-19(16)25(13-12-21(22,23)24)31(27,28)15-10-8-14(9-11-15)20(26)29-2/h4-11H,3,12-13H2,1-2H3. The van der Waals surface area contributed by atoms with Crippen LogP contribution in [0.4, 0.5) is 18.2 Å². The zero-order valence-corrected chi connectivity index (χ0v) is 18.4. The van der Waals surface area contributed by atoms with Crippen molar-refractivity contribution in [2.75, 3.05) is 18.0 Å². The highest BCUT2D eigenvalue weighted by Gasteiger charge is 2.34. The average molecular weight is 472 g/mol. The second kappa shape index (κ2) is 8.88. The van der Waals surface area contributed by atoms with Crippen molar-refractivity contribution in [2.24, 2.45) is 0 Å². The van der Waals surface area contributed by atoms with E-state index in [4.69, 9.17) is 0 Å². The number of nitrogens with zero attached hydrogens (tertiary/aromatic N) is 1. The van der Waals surface area contributed by atoms with E-state index in [0.29, 0.717) is 12.0 Å². The molecule has 31 heavy (non-hydrogen) atoms. The van der Waals surface area contributed by atoms with E-state index in [1.165, 1.54) is 31.4 Å². The molecule has 0 amide bonds. The normalized spacial score (nSPS) is 12.2. The van der Waals surface area contributed by atoms with Gasteiger partial charge in [-0.15, -0.1) is 11.3 Å². The van der Waals surface area contributed by atoms with E-state index in [1.807, 2.05) is 19.1 Å². The number of thiophene rings is 1. The highest BCUT2D eigenvalue weighted by Crippen LogP contribution is 2.41. The number of carbonyl (C=O) groups excluding carboxylic acids is 1. The van der Waals surface area contributed by atoms with E-state index in [1.54, 1.807) is 12.1 Å². The van der Waals surface area contributed by atoms with Gasteiger partial charge in [-0.25, -0.2) is 13.2 Å². The Morgan fingerprint density at radius 3 is 2.32 bits per heavy atom. The van der Waals surface area contributed by atoms with Crippen LogP contribution in [0.3, 0.4) is 0 Å². The first kappa shape index (κ1) is 23.1. The Hall–Kier alpha value is -2.59. The molecule has 10 heteroatoms. The molecule has 0 saturated carbocycles. The lowest BCUT2D eigenvalue weighted by atomic mass is 10.1. The Bertz CT molecular complexity index is 1190. The predicted octanol–water partition coefficient (Wildman–Crippen LogP) is 5.40. The number of ether oxygens (including phenoxy) is 1. The minimum absolute atomic E-state index is 0.138. The van der Waals surface area contributed by atoms with Crippen LogP contribution < -0.4 is 4.31 Å². The Morgan fingerprint density at radius 2 is 1.74 bits per heavy atom. The van der Waals surface area contributed by atoms with Gasteiger partial charge in [-0.2, -0.15) is 13.2 Å². The van der Waals surface area contributed by atoms with Crippen molar-refractivity contribution >= 4 is 42.4 Å². The van der Waals surface area contributed by atoms with Gasteiger partial charge < -0.3 is 4.74 Å². The minimum Gasteiger partial charge on any atom is -0.465 e. The number of carbonyl (C=O) groups is 1. The number of sulfonamides is 1. The molecule has 5 nitrogen and oxygen atoms in total. The smallest absolute Gasteiger partial charge is 0.390 e. The summed E-state index contributed by atoms with van der Waals surface area (Å²) in [5.74, 6) is -0.643. The number of methoxy groups -OCH3 is 1. The van der Waals surface area contributed by atoms with Crippen LogP contribution >= 0.6 is 11.3 Å². The average Bonchev–Trinajstić information content (AvgIpc) is 3.10. The van der Waals surface area contributed by atoms with E-state index in [0.717, 1.165) is 25.7 Å². The fourth-order valence-corrected chi connectivity index (χ4v) is 6.22. The summed E-state index contributed by atoms with van der Waals surface area (Å²) in [5.41, 5.74) is 0.817. The van der Waals surface area contributed by atoms with Gasteiger partial charge in [0, 0.05) is 11.2 Å². The number of aryl methyl sites for hydroxylation is 1. The molecule has 0 radical (unpaired) electrons. The van der Waals surface area contributed by atoms with E-state index < -0.39 is 35.1 Å². The molecular formula is C21H20F3NO4S2. The zero-order chi connectivity index (χ0) is 22.8. The van der Waals surface area contributed by atoms with Crippen LogP contribution in [-0.2, 0) is 21.2 Å². The lowest BCUT2D eigenvalue weighted by Gasteiger charge is -2.25. The van der Waals surface area contributed by atoms with Gasteiger partial charge in [0.1, 0.15) is 5.00 Å². The largest absolute Gasteiger partial charge is 0.465 e. The van der Waals surface area contributed by atoms with Crippen molar-refractivity contribution < 1.29 is 31.1 Å². The number of anilines is 1. The number of rotatable bonds is 7. The van der Waals surface area contributed by atoms with Crippen molar-refractivity contribution in [1.82, 2.24) is 0 Å². The SMILES string of the molecule is CCc1c(N(CCC(F)(F)F)S(=O)(=O)c2ccc(C(=O)OC)cc2)sc2ccccc12. The molecule has 0 spiro atoms. The van der Waals surface area contributed by atoms with E-state index >= 15 is 0 Å². The van der Waals surface area contributed by atoms with Crippen molar-refractivity contribution in [3.63, 3.8) is 0 Å². The summed E-state index contributed by atoms with van der Waals surface area (Å²) >= 11 is 1.15. The van der Waals surface area contributed by atoms with E-state index in [2.05, 4.69) is 4.74 Å². The number of hydrogen-bond acceptors (Lipinski definition) is 5. The van der Waals surface area contributed by atoms with Crippen LogP contribution in [0.25, 0.3) is 10.1 Å². The topological polar surface area (TPSA) is 63.7 Å². The van der Waals surface area contributed by atoms with Crippen LogP contribution in [0.5, 0.6) is 0 Å². The first-order valence-electron chi connectivity index (χ1n) is 9.36. The number of fused-ring (bicyclic) bond motifs is 1. The minimum atomic E-state index is -4.52. The number of halogens is 3. The maximum Gasteiger partial charge on any atom is 0.390 e. The van der Waals surface area contributed by atoms with Crippen LogP contribution in [-0.4, -0.2) is 34.2 Å². The third-order valence-electron chi connectivity index (χ3n) is 4.72. The molecular weight excluding hydrogens is 451 g/mol. The van der Waals surface area contributed by atoms with Gasteiger partial charge >= 0.3 is 12.1 Å². The number of esters is 1. The van der Waals surface area contributed by atoms with E-state index in [-0.39, 0.29) is 15.5 Å². The van der Waals surface area contributed by atoms with Crippen molar-refractivity contribution in [3.8, 4) is 0 Å². The molecule has 166 valence electrons. The fourth-order valence-electron chi connectivity index (χ4n) is 3.20. The van der Waals surface area contributed by atoms with Gasteiger partial charge in [0.2, 0.25) is 0 Å². The summed E-state index contributed by atoms with van der Waals surface area (Å²) in [4.78, 5) is 11.4. The monoisotopic (exact) mass is 471 g/mol. The van der Waals surface area contributed by atoms with Gasteiger partial charge in [-0.05, 0) is 47.7 Å². The van der Waals surface area contributed by atoms with Crippen molar-refractivity contribution in [2.45, 2.75) is 30.8 Å². The van der Waals surface area contributed by atoms with Gasteiger partial charge in [-0.1, -0.05) is 25.1 Å². The summed E-state index contributed by atoms with van der Waals surface area (Å²) < 4.78 is 72.1. The molecule has 1 heterocycles. The molecule has 0 aliphatic carbocycles. The third-order valence-corrected chi connectivity index (χ3v) is 7.88. The van der Waals surface area contributed by atoms with Crippen LogP contribution in [0.2, 0.25) is 0 Å². The predicted molar refractivity (Wildman–Crippen MR) is 114 cm³/mol. The molecule has 0 fully saturated rings. The summed E-state index contributed by atoms with van der Waals surface area (Å²) in [6, 6.07) is 12.2. The second-order valence-corrected chi connectivity index (χ2v) is 9.59. The van der Waals surface area contributed by atoms with Gasteiger partial charge in [0.15, 0.2) is 0 Å². The second-order valence-electron chi connectivity index (χ2n) is 6.69. The Balaban J connectivity index is 2.12. The van der Waals surface area contributed by atoms with Crippen LogP contribution in [0.1, 0.15) is 29.3 Å². The molecule has 0 aliphatic heterocycles. The Kier molecular flexibility index (Phi) is 6.61. The molecule has 3 rings (SSSR count). The van der Waals surface area contributed by atoms with Gasteiger partial charge in [0.25, 0.3) is 10.0 Å².